The van der Waals surface area contributed by atoms with Crippen molar-refractivity contribution in [3.8, 4) is 0 Å². The zero-order valence-electron chi connectivity index (χ0n) is 12.5. The van der Waals surface area contributed by atoms with Crippen LogP contribution in [0.25, 0.3) is 0 Å². The Morgan fingerprint density at radius 1 is 1.10 bits per heavy atom. The predicted octanol–water partition coefficient (Wildman–Crippen LogP) is 4.67. The molecule has 0 aromatic rings. The van der Waals surface area contributed by atoms with E-state index in [1.807, 2.05) is 13.8 Å². The lowest BCUT2D eigenvalue weighted by molar-refractivity contribution is -0.282. The van der Waals surface area contributed by atoms with Gasteiger partial charge in [0.15, 0.2) is 0 Å². The summed E-state index contributed by atoms with van der Waals surface area (Å²) < 4.78 is 66.7. The molecule has 8 heteroatoms. The summed E-state index contributed by atoms with van der Waals surface area (Å²) in [5.74, 6) is -5.66. The number of carbonyl (C=O) groups is 1. The van der Waals surface area contributed by atoms with Crippen LogP contribution in [0.4, 0.5) is 22.0 Å². The third-order valence-corrected chi connectivity index (χ3v) is 3.68. The molecule has 0 aromatic carbocycles. The smallest absolute Gasteiger partial charge is 0.453 e. The Morgan fingerprint density at radius 3 is 2.00 bits per heavy atom. The zero-order chi connectivity index (χ0) is 16.8. The lowest BCUT2D eigenvalue weighted by Crippen LogP contribution is -2.37. The fraction of sp³-hybridized carbons (Fsp3) is 0.923. The van der Waals surface area contributed by atoms with Crippen molar-refractivity contribution in [2.75, 3.05) is 5.75 Å². The van der Waals surface area contributed by atoms with Crippen LogP contribution in [0.2, 0.25) is 0 Å². The van der Waals surface area contributed by atoms with Gasteiger partial charge in [-0.15, -0.1) is 11.8 Å². The second kappa shape index (κ2) is 8.19. The number of ether oxygens (including phenoxy) is 1. The molecule has 1 unspecified atom stereocenters. The topological polar surface area (TPSA) is 26.3 Å². The molecule has 0 aliphatic carbocycles. The van der Waals surface area contributed by atoms with Crippen LogP contribution in [0.15, 0.2) is 0 Å². The van der Waals surface area contributed by atoms with Crippen LogP contribution in [0, 0.1) is 5.92 Å². The van der Waals surface area contributed by atoms with Gasteiger partial charge in [-0.25, -0.2) is 0 Å². The van der Waals surface area contributed by atoms with Gasteiger partial charge in [-0.05, 0) is 26.2 Å². The highest BCUT2D eigenvalue weighted by atomic mass is 32.2. The second-order valence-electron chi connectivity index (χ2n) is 5.43. The molecule has 0 heterocycles. The van der Waals surface area contributed by atoms with Gasteiger partial charge in [0.2, 0.25) is 0 Å². The predicted molar refractivity (Wildman–Crippen MR) is 72.5 cm³/mol. The minimum Gasteiger partial charge on any atom is -0.462 e. The van der Waals surface area contributed by atoms with E-state index in [1.54, 1.807) is 13.8 Å². The van der Waals surface area contributed by atoms with Gasteiger partial charge < -0.3 is 4.74 Å². The molecule has 0 aromatic heterocycles. The van der Waals surface area contributed by atoms with Gasteiger partial charge in [0.05, 0.1) is 6.10 Å². The highest BCUT2D eigenvalue weighted by molar-refractivity contribution is 8.00. The summed E-state index contributed by atoms with van der Waals surface area (Å²) in [5.41, 5.74) is 0. The minimum atomic E-state index is -5.56. The minimum absolute atomic E-state index is 0.102. The summed E-state index contributed by atoms with van der Waals surface area (Å²) in [4.78, 5) is 11.8. The lowest BCUT2D eigenvalue weighted by atomic mass is 10.1. The van der Waals surface area contributed by atoms with Crippen molar-refractivity contribution < 1.29 is 31.5 Å². The molecule has 0 radical (unpaired) electrons. The Hall–Kier alpha value is -0.530. The molecule has 0 fully saturated rings. The number of alkyl halides is 5. The summed E-state index contributed by atoms with van der Waals surface area (Å²) >= 11 is 0.788. The molecule has 2 nitrogen and oxygen atoms in total. The van der Waals surface area contributed by atoms with Crippen LogP contribution in [0.3, 0.4) is 0 Å². The zero-order valence-corrected chi connectivity index (χ0v) is 13.3. The summed E-state index contributed by atoms with van der Waals surface area (Å²) in [6, 6.07) is 0. The normalized spacial score (nSPS) is 14.6. The molecule has 0 rings (SSSR count). The molecule has 0 aliphatic rings. The highest BCUT2D eigenvalue weighted by Gasteiger charge is 2.56. The maximum absolute atomic E-state index is 12.8. The number of hydrogen-bond acceptors (Lipinski definition) is 3. The molecule has 0 N–H and O–H groups in total. The van der Waals surface area contributed by atoms with Gasteiger partial charge in [-0.2, -0.15) is 22.0 Å². The number of esters is 1. The quantitative estimate of drug-likeness (QED) is 0.476. The van der Waals surface area contributed by atoms with E-state index in [1.165, 1.54) is 0 Å². The van der Waals surface area contributed by atoms with Gasteiger partial charge in [-0.1, -0.05) is 13.8 Å². The third kappa shape index (κ3) is 7.87. The Bertz CT molecular complexity index is 329. The van der Waals surface area contributed by atoms with Crippen LogP contribution >= 0.6 is 11.8 Å². The molecule has 1 atom stereocenters. The van der Waals surface area contributed by atoms with Crippen LogP contribution in [-0.4, -0.2) is 35.2 Å². The molecule has 0 saturated carbocycles. The number of halogens is 5. The van der Waals surface area contributed by atoms with Gasteiger partial charge in [0.1, 0.15) is 5.25 Å². The summed E-state index contributed by atoms with van der Waals surface area (Å²) in [5, 5.41) is -0.726. The molecule has 126 valence electrons. The first-order valence-electron chi connectivity index (χ1n) is 6.63. The van der Waals surface area contributed by atoms with E-state index in [0.717, 1.165) is 11.8 Å². The number of rotatable bonds is 8. The van der Waals surface area contributed by atoms with Gasteiger partial charge in [0.25, 0.3) is 0 Å². The largest absolute Gasteiger partial charge is 0.462 e. The van der Waals surface area contributed by atoms with Gasteiger partial charge in [0, 0.05) is 12.2 Å². The van der Waals surface area contributed by atoms with Crippen molar-refractivity contribution in [1.82, 2.24) is 0 Å². The molecule has 21 heavy (non-hydrogen) atoms. The van der Waals surface area contributed by atoms with E-state index in [0.29, 0.717) is 6.42 Å². The maximum atomic E-state index is 12.8. The first-order valence-corrected chi connectivity index (χ1v) is 7.68. The van der Waals surface area contributed by atoms with E-state index in [4.69, 9.17) is 4.74 Å². The molecule has 0 amide bonds. The van der Waals surface area contributed by atoms with E-state index in [9.17, 15) is 26.7 Å². The SMILES string of the molecule is CC(C)CC(SCCC(F)(F)C(F)(F)F)C(=O)OC(C)C. The standard InChI is InChI=1S/C13H21F5O2S/c1-8(2)7-10(11(19)20-9(3)4)21-6-5-12(14,15)13(16,17)18/h8-10H,5-7H2,1-4H3. The van der Waals surface area contributed by atoms with E-state index in [2.05, 4.69) is 0 Å². The number of carbonyl (C=O) groups excluding carboxylic acids is 1. The number of hydrogen-bond donors (Lipinski definition) is 0. The first-order chi connectivity index (χ1) is 9.36. The summed E-state index contributed by atoms with van der Waals surface area (Å²) in [6.07, 6.45) is -6.89. The Balaban J connectivity index is 4.53. The maximum Gasteiger partial charge on any atom is 0.453 e. The highest BCUT2D eigenvalue weighted by Crippen LogP contribution is 2.39. The average molecular weight is 336 g/mol. The van der Waals surface area contributed by atoms with Crippen molar-refractivity contribution in [2.24, 2.45) is 5.92 Å². The Labute approximate surface area is 125 Å². The molecular weight excluding hydrogens is 315 g/mol. The first kappa shape index (κ1) is 20.5. The lowest BCUT2D eigenvalue weighted by Gasteiger charge is -2.22. The van der Waals surface area contributed by atoms with E-state index < -0.39 is 35.5 Å². The monoisotopic (exact) mass is 336 g/mol. The fourth-order valence-corrected chi connectivity index (χ4v) is 2.81. The second-order valence-corrected chi connectivity index (χ2v) is 6.74. The van der Waals surface area contributed by atoms with Crippen molar-refractivity contribution in [3.05, 3.63) is 0 Å². The van der Waals surface area contributed by atoms with Crippen LogP contribution < -0.4 is 0 Å². The summed E-state index contributed by atoms with van der Waals surface area (Å²) in [6.45, 7) is 6.96. The van der Waals surface area contributed by atoms with Crippen molar-refractivity contribution in [2.45, 2.75) is 64.0 Å². The summed E-state index contributed by atoms with van der Waals surface area (Å²) in [7, 11) is 0. The molecular formula is C13H21F5O2S. The Morgan fingerprint density at radius 2 is 1.62 bits per heavy atom. The molecule has 0 spiro atoms. The van der Waals surface area contributed by atoms with E-state index >= 15 is 0 Å². The fourth-order valence-electron chi connectivity index (χ4n) is 1.44. The van der Waals surface area contributed by atoms with Crippen molar-refractivity contribution >= 4 is 17.7 Å². The molecule has 0 bridgehead atoms. The molecule has 0 aliphatic heterocycles. The van der Waals surface area contributed by atoms with Crippen molar-refractivity contribution in [1.29, 1.82) is 0 Å². The number of thioether (sulfide) groups is 1. The van der Waals surface area contributed by atoms with E-state index in [-0.39, 0.29) is 12.0 Å². The third-order valence-electron chi connectivity index (χ3n) is 2.45. The van der Waals surface area contributed by atoms with Gasteiger partial charge >= 0.3 is 18.1 Å². The van der Waals surface area contributed by atoms with Crippen LogP contribution in [0.5, 0.6) is 0 Å². The molecule has 0 saturated heterocycles. The van der Waals surface area contributed by atoms with Crippen LogP contribution in [0.1, 0.15) is 40.5 Å². The van der Waals surface area contributed by atoms with Gasteiger partial charge in [-0.3, -0.25) is 4.79 Å². The Kier molecular flexibility index (Phi) is 7.99. The average Bonchev–Trinajstić information content (AvgIpc) is 2.24. The van der Waals surface area contributed by atoms with Crippen molar-refractivity contribution in [3.63, 3.8) is 0 Å². The van der Waals surface area contributed by atoms with Crippen LogP contribution in [-0.2, 0) is 9.53 Å².